The number of benzene rings is 1. The molecule has 3 nitrogen and oxygen atoms in total. The number of carbonyl (C=O) groups is 1. The minimum absolute atomic E-state index is 0.0578. The van der Waals surface area contributed by atoms with E-state index in [0.717, 1.165) is 17.7 Å². The number of amides is 1. The van der Waals surface area contributed by atoms with Crippen LogP contribution >= 0.6 is 0 Å². The molecule has 19 heavy (non-hydrogen) atoms. The molecule has 0 saturated heterocycles. The van der Waals surface area contributed by atoms with Crippen LogP contribution in [0.1, 0.15) is 43.0 Å². The van der Waals surface area contributed by atoms with Gasteiger partial charge in [-0.1, -0.05) is 25.8 Å². The zero-order chi connectivity index (χ0) is 13.8. The largest absolute Gasteiger partial charge is 0.378 e. The first-order valence-electron chi connectivity index (χ1n) is 7.16. The third-order valence-corrected chi connectivity index (χ3v) is 4.05. The molecule has 0 bridgehead atoms. The summed E-state index contributed by atoms with van der Waals surface area (Å²) >= 11 is 0. The summed E-state index contributed by atoms with van der Waals surface area (Å²) in [7, 11) is 3.97. The maximum absolute atomic E-state index is 12.3. The molecule has 1 amide bonds. The Balaban J connectivity index is 2.05. The monoisotopic (exact) mass is 260 g/mol. The van der Waals surface area contributed by atoms with Gasteiger partial charge in [-0.2, -0.15) is 0 Å². The summed E-state index contributed by atoms with van der Waals surface area (Å²) in [4.78, 5) is 14.3. The molecule has 0 heterocycles. The van der Waals surface area contributed by atoms with Gasteiger partial charge in [-0.25, -0.2) is 0 Å². The van der Waals surface area contributed by atoms with Gasteiger partial charge in [0.1, 0.15) is 0 Å². The van der Waals surface area contributed by atoms with Gasteiger partial charge in [-0.05, 0) is 37.0 Å². The van der Waals surface area contributed by atoms with E-state index in [0.29, 0.717) is 12.0 Å². The Labute approximate surface area is 116 Å². The van der Waals surface area contributed by atoms with Crippen LogP contribution in [-0.4, -0.2) is 26.0 Å². The Morgan fingerprint density at radius 1 is 1.26 bits per heavy atom. The van der Waals surface area contributed by atoms with Crippen LogP contribution in [0.15, 0.2) is 24.3 Å². The predicted molar refractivity (Wildman–Crippen MR) is 79.7 cm³/mol. The van der Waals surface area contributed by atoms with Gasteiger partial charge < -0.3 is 10.2 Å². The SMILES string of the molecule is CC1CCCCC1NC(=O)c1cccc(N(C)C)c1. The van der Waals surface area contributed by atoms with Crippen molar-refractivity contribution in [3.8, 4) is 0 Å². The second-order valence-electron chi connectivity index (χ2n) is 5.79. The van der Waals surface area contributed by atoms with Crippen molar-refractivity contribution in [1.29, 1.82) is 0 Å². The van der Waals surface area contributed by atoms with E-state index in [1.165, 1.54) is 19.3 Å². The third-order valence-electron chi connectivity index (χ3n) is 4.05. The van der Waals surface area contributed by atoms with Gasteiger partial charge in [0.05, 0.1) is 0 Å². The molecule has 2 atom stereocenters. The molecule has 0 aliphatic heterocycles. The lowest BCUT2D eigenvalue weighted by Crippen LogP contribution is -2.41. The van der Waals surface area contributed by atoms with Gasteiger partial charge in [0.2, 0.25) is 0 Å². The molecule has 1 N–H and O–H groups in total. The number of hydrogen-bond donors (Lipinski definition) is 1. The quantitative estimate of drug-likeness (QED) is 0.906. The Bertz CT molecular complexity index is 442. The Morgan fingerprint density at radius 3 is 2.68 bits per heavy atom. The van der Waals surface area contributed by atoms with E-state index in [9.17, 15) is 4.79 Å². The van der Waals surface area contributed by atoms with E-state index >= 15 is 0 Å². The summed E-state index contributed by atoms with van der Waals surface area (Å²) < 4.78 is 0. The van der Waals surface area contributed by atoms with Gasteiger partial charge in [0.15, 0.2) is 0 Å². The number of rotatable bonds is 3. The molecule has 1 saturated carbocycles. The second kappa shape index (κ2) is 6.09. The molecule has 1 fully saturated rings. The van der Waals surface area contributed by atoms with Gasteiger partial charge >= 0.3 is 0 Å². The van der Waals surface area contributed by atoms with E-state index < -0.39 is 0 Å². The summed E-state index contributed by atoms with van der Waals surface area (Å²) in [6.45, 7) is 2.24. The van der Waals surface area contributed by atoms with Crippen molar-refractivity contribution in [1.82, 2.24) is 5.32 Å². The highest BCUT2D eigenvalue weighted by atomic mass is 16.1. The van der Waals surface area contributed by atoms with Crippen molar-refractivity contribution >= 4 is 11.6 Å². The third kappa shape index (κ3) is 3.49. The highest BCUT2D eigenvalue weighted by Crippen LogP contribution is 2.24. The molecule has 1 aromatic rings. The summed E-state index contributed by atoms with van der Waals surface area (Å²) in [5.41, 5.74) is 1.81. The summed E-state index contributed by atoms with van der Waals surface area (Å²) in [6.07, 6.45) is 4.86. The summed E-state index contributed by atoms with van der Waals surface area (Å²) in [5, 5.41) is 3.19. The highest BCUT2D eigenvalue weighted by molar-refractivity contribution is 5.95. The molecule has 3 heteroatoms. The molecule has 2 unspecified atom stereocenters. The average Bonchev–Trinajstić information content (AvgIpc) is 2.41. The lowest BCUT2D eigenvalue weighted by molar-refractivity contribution is 0.0910. The van der Waals surface area contributed by atoms with Crippen LogP contribution < -0.4 is 10.2 Å². The molecule has 1 aliphatic carbocycles. The van der Waals surface area contributed by atoms with Crippen molar-refractivity contribution in [2.75, 3.05) is 19.0 Å². The van der Waals surface area contributed by atoms with Crippen molar-refractivity contribution < 1.29 is 4.79 Å². The van der Waals surface area contributed by atoms with E-state index in [4.69, 9.17) is 0 Å². The standard InChI is InChI=1S/C16H24N2O/c1-12-7-4-5-10-15(12)17-16(19)13-8-6-9-14(11-13)18(2)3/h6,8-9,11-12,15H,4-5,7,10H2,1-3H3,(H,17,19). The molecular formula is C16H24N2O. The van der Waals surface area contributed by atoms with Gasteiger partial charge in [-0.15, -0.1) is 0 Å². The molecule has 1 aliphatic rings. The highest BCUT2D eigenvalue weighted by Gasteiger charge is 2.23. The molecule has 0 spiro atoms. The van der Waals surface area contributed by atoms with Crippen molar-refractivity contribution in [3.05, 3.63) is 29.8 Å². The van der Waals surface area contributed by atoms with Crippen LogP contribution in [0.2, 0.25) is 0 Å². The molecular weight excluding hydrogens is 236 g/mol. The number of anilines is 1. The number of hydrogen-bond acceptors (Lipinski definition) is 2. The minimum atomic E-state index is 0.0578. The van der Waals surface area contributed by atoms with E-state index in [-0.39, 0.29) is 5.91 Å². The average molecular weight is 260 g/mol. The smallest absolute Gasteiger partial charge is 0.251 e. The van der Waals surface area contributed by atoms with Crippen molar-refractivity contribution in [2.24, 2.45) is 5.92 Å². The molecule has 0 aromatic heterocycles. The molecule has 104 valence electrons. The second-order valence-corrected chi connectivity index (χ2v) is 5.79. The fourth-order valence-corrected chi connectivity index (χ4v) is 2.71. The number of carbonyl (C=O) groups excluding carboxylic acids is 1. The van der Waals surface area contributed by atoms with Crippen LogP contribution in [0.5, 0.6) is 0 Å². The Morgan fingerprint density at radius 2 is 2.00 bits per heavy atom. The first-order chi connectivity index (χ1) is 9.08. The summed E-state index contributed by atoms with van der Waals surface area (Å²) in [6, 6.07) is 8.12. The number of nitrogens with zero attached hydrogens (tertiary/aromatic N) is 1. The van der Waals surface area contributed by atoms with Crippen LogP contribution in [0.25, 0.3) is 0 Å². The topological polar surface area (TPSA) is 32.3 Å². The lowest BCUT2D eigenvalue weighted by atomic mass is 9.86. The van der Waals surface area contributed by atoms with Gasteiger partial charge in [0, 0.05) is 31.4 Å². The fourth-order valence-electron chi connectivity index (χ4n) is 2.71. The van der Waals surface area contributed by atoms with Gasteiger partial charge in [-0.3, -0.25) is 4.79 Å². The van der Waals surface area contributed by atoms with Crippen LogP contribution in [0.4, 0.5) is 5.69 Å². The molecule has 2 rings (SSSR count). The molecule has 0 radical (unpaired) electrons. The predicted octanol–water partition coefficient (Wildman–Crippen LogP) is 3.06. The van der Waals surface area contributed by atoms with E-state index in [1.54, 1.807) is 0 Å². The Hall–Kier alpha value is -1.51. The zero-order valence-corrected chi connectivity index (χ0v) is 12.1. The minimum Gasteiger partial charge on any atom is -0.378 e. The van der Waals surface area contributed by atoms with Crippen LogP contribution in [0.3, 0.4) is 0 Å². The first-order valence-corrected chi connectivity index (χ1v) is 7.16. The maximum Gasteiger partial charge on any atom is 0.251 e. The van der Waals surface area contributed by atoms with Crippen LogP contribution in [0, 0.1) is 5.92 Å². The van der Waals surface area contributed by atoms with E-state index in [2.05, 4.69) is 12.2 Å². The zero-order valence-electron chi connectivity index (χ0n) is 12.1. The Kier molecular flexibility index (Phi) is 4.46. The molecule has 1 aromatic carbocycles. The number of nitrogens with one attached hydrogen (secondary N) is 1. The van der Waals surface area contributed by atoms with Crippen molar-refractivity contribution in [2.45, 2.75) is 38.6 Å². The maximum atomic E-state index is 12.3. The summed E-state index contributed by atoms with van der Waals surface area (Å²) in [5.74, 6) is 0.650. The normalized spacial score (nSPS) is 22.9. The van der Waals surface area contributed by atoms with E-state index in [1.807, 2.05) is 43.3 Å². The van der Waals surface area contributed by atoms with Crippen LogP contribution in [-0.2, 0) is 0 Å². The van der Waals surface area contributed by atoms with Crippen molar-refractivity contribution in [3.63, 3.8) is 0 Å². The fraction of sp³-hybridized carbons (Fsp3) is 0.562. The lowest BCUT2D eigenvalue weighted by Gasteiger charge is -2.29. The first kappa shape index (κ1) is 13.9. The van der Waals surface area contributed by atoms with Gasteiger partial charge in [0.25, 0.3) is 5.91 Å².